The van der Waals surface area contributed by atoms with Crippen LogP contribution in [-0.4, -0.2) is 40.2 Å². The third-order valence-electron chi connectivity index (χ3n) is 4.96. The highest BCUT2D eigenvalue weighted by Gasteiger charge is 2.25. The maximum absolute atomic E-state index is 12.3. The van der Waals surface area contributed by atoms with Gasteiger partial charge in [-0.05, 0) is 50.8 Å². The van der Waals surface area contributed by atoms with Gasteiger partial charge < -0.3 is 15.4 Å². The largest absolute Gasteiger partial charge is 0.456 e. The molecule has 29 heavy (non-hydrogen) atoms. The minimum Gasteiger partial charge on any atom is -0.456 e. The molecule has 8 nitrogen and oxygen atoms in total. The highest BCUT2D eigenvalue weighted by Crippen LogP contribution is 2.21. The molecule has 0 atom stereocenters. The highest BCUT2D eigenvalue weighted by atomic mass is 16.5. The molecular formula is C21H26N4O4. The summed E-state index contributed by atoms with van der Waals surface area (Å²) in [4.78, 5) is 36.5. The van der Waals surface area contributed by atoms with Crippen LogP contribution >= 0.6 is 0 Å². The first-order valence-electron chi connectivity index (χ1n) is 9.69. The van der Waals surface area contributed by atoms with Gasteiger partial charge in [0, 0.05) is 25.2 Å². The lowest BCUT2D eigenvalue weighted by atomic mass is 10.1. The number of rotatable bonds is 8. The highest BCUT2D eigenvalue weighted by molar-refractivity contribution is 6.04. The minimum atomic E-state index is -0.487. The van der Waals surface area contributed by atoms with E-state index in [4.69, 9.17) is 4.74 Å². The van der Waals surface area contributed by atoms with Gasteiger partial charge in [-0.15, -0.1) is 0 Å². The predicted molar refractivity (Wildman–Crippen MR) is 108 cm³/mol. The third kappa shape index (κ3) is 5.43. The van der Waals surface area contributed by atoms with Crippen LogP contribution in [0.2, 0.25) is 0 Å². The summed E-state index contributed by atoms with van der Waals surface area (Å²) < 4.78 is 6.86. The summed E-state index contributed by atoms with van der Waals surface area (Å²) in [5, 5.41) is 9.86. The van der Waals surface area contributed by atoms with Crippen molar-refractivity contribution in [3.8, 4) is 0 Å². The Morgan fingerprint density at radius 1 is 1.21 bits per heavy atom. The predicted octanol–water partition coefficient (Wildman–Crippen LogP) is 2.04. The van der Waals surface area contributed by atoms with Crippen molar-refractivity contribution in [2.75, 3.05) is 11.9 Å². The minimum absolute atomic E-state index is 0.168. The van der Waals surface area contributed by atoms with E-state index in [1.54, 1.807) is 28.9 Å². The molecule has 0 unspecified atom stereocenters. The zero-order valence-electron chi connectivity index (χ0n) is 16.9. The molecule has 1 aromatic carbocycles. The van der Waals surface area contributed by atoms with Gasteiger partial charge in [0.2, 0.25) is 0 Å². The number of aromatic nitrogens is 2. The van der Waals surface area contributed by atoms with E-state index in [0.717, 1.165) is 29.8 Å². The van der Waals surface area contributed by atoms with E-state index in [-0.39, 0.29) is 18.4 Å². The van der Waals surface area contributed by atoms with Gasteiger partial charge in [-0.3, -0.25) is 19.1 Å². The number of ether oxygens (including phenoxy) is 1. The van der Waals surface area contributed by atoms with Crippen molar-refractivity contribution in [2.45, 2.75) is 45.6 Å². The Labute approximate surface area is 169 Å². The van der Waals surface area contributed by atoms with Gasteiger partial charge in [0.1, 0.15) is 0 Å². The number of aryl methyl sites for hydroxylation is 2. The van der Waals surface area contributed by atoms with Crippen LogP contribution in [0.1, 0.15) is 46.6 Å². The van der Waals surface area contributed by atoms with Gasteiger partial charge >= 0.3 is 5.97 Å². The molecule has 2 aromatic rings. The first-order chi connectivity index (χ1) is 13.8. The maximum Gasteiger partial charge on any atom is 0.306 e. The Kier molecular flexibility index (Phi) is 6.31. The Morgan fingerprint density at radius 3 is 2.59 bits per heavy atom. The fourth-order valence-corrected chi connectivity index (χ4v) is 3.09. The molecule has 1 aliphatic rings. The lowest BCUT2D eigenvalue weighted by molar-refractivity contribution is -0.147. The fraction of sp³-hybridized carbons (Fsp3) is 0.429. The van der Waals surface area contributed by atoms with Crippen molar-refractivity contribution in [2.24, 2.45) is 7.05 Å². The van der Waals surface area contributed by atoms with Crippen molar-refractivity contribution in [1.82, 2.24) is 15.1 Å². The van der Waals surface area contributed by atoms with Crippen LogP contribution in [0.5, 0.6) is 0 Å². The second-order valence-corrected chi connectivity index (χ2v) is 7.28. The second-order valence-electron chi connectivity index (χ2n) is 7.28. The van der Waals surface area contributed by atoms with Gasteiger partial charge in [-0.25, -0.2) is 0 Å². The first kappa shape index (κ1) is 20.6. The number of carbonyl (C=O) groups excluding carboxylic acids is 3. The average molecular weight is 398 g/mol. The zero-order chi connectivity index (χ0) is 21.0. The number of hydrogen-bond donors (Lipinski definition) is 2. The summed E-state index contributed by atoms with van der Waals surface area (Å²) >= 11 is 0. The Hall–Kier alpha value is -3.16. The molecule has 0 bridgehead atoms. The number of amides is 2. The molecule has 8 heteroatoms. The van der Waals surface area contributed by atoms with Crippen LogP contribution in [0.15, 0.2) is 24.3 Å². The summed E-state index contributed by atoms with van der Waals surface area (Å²) in [6.07, 6.45) is 2.64. The van der Waals surface area contributed by atoms with E-state index >= 15 is 0 Å². The van der Waals surface area contributed by atoms with Crippen LogP contribution < -0.4 is 10.6 Å². The van der Waals surface area contributed by atoms with Gasteiger partial charge in [0.25, 0.3) is 11.8 Å². The molecule has 1 fully saturated rings. The Bertz CT molecular complexity index is 931. The van der Waals surface area contributed by atoms with Gasteiger partial charge in [0.05, 0.1) is 16.9 Å². The Morgan fingerprint density at radius 2 is 1.93 bits per heavy atom. The molecule has 0 radical (unpaired) electrons. The monoisotopic (exact) mass is 398 g/mol. The lowest BCUT2D eigenvalue weighted by Gasteiger charge is -2.11. The summed E-state index contributed by atoms with van der Waals surface area (Å²) in [5.74, 6) is -1.16. The summed E-state index contributed by atoms with van der Waals surface area (Å²) in [6.45, 7) is 3.45. The second kappa shape index (κ2) is 8.89. The summed E-state index contributed by atoms with van der Waals surface area (Å²) in [7, 11) is 1.86. The van der Waals surface area contributed by atoms with Crippen molar-refractivity contribution >= 4 is 23.5 Å². The van der Waals surface area contributed by atoms with Crippen molar-refractivity contribution in [3.05, 3.63) is 46.8 Å². The molecule has 0 saturated heterocycles. The average Bonchev–Trinajstić information content (AvgIpc) is 3.46. The fourth-order valence-electron chi connectivity index (χ4n) is 3.09. The number of nitrogens with zero attached hydrogens (tertiary/aromatic N) is 2. The van der Waals surface area contributed by atoms with E-state index in [1.165, 1.54) is 0 Å². The molecule has 1 heterocycles. The molecule has 1 aromatic heterocycles. The maximum atomic E-state index is 12.3. The van der Waals surface area contributed by atoms with E-state index in [9.17, 15) is 14.4 Å². The molecule has 2 amide bonds. The molecule has 2 N–H and O–H groups in total. The number of carbonyl (C=O) groups is 3. The van der Waals surface area contributed by atoms with Crippen molar-refractivity contribution < 1.29 is 19.1 Å². The lowest BCUT2D eigenvalue weighted by Crippen LogP contribution is -2.28. The number of anilines is 1. The van der Waals surface area contributed by atoms with Crippen LogP contribution in [0.25, 0.3) is 0 Å². The van der Waals surface area contributed by atoms with E-state index < -0.39 is 18.5 Å². The topological polar surface area (TPSA) is 102 Å². The van der Waals surface area contributed by atoms with E-state index in [0.29, 0.717) is 17.7 Å². The van der Waals surface area contributed by atoms with Crippen LogP contribution in [0.3, 0.4) is 0 Å². The molecule has 0 spiro atoms. The smallest absolute Gasteiger partial charge is 0.306 e. The van der Waals surface area contributed by atoms with Crippen LogP contribution in [-0.2, 0) is 27.8 Å². The Balaban J connectivity index is 1.48. The quantitative estimate of drug-likeness (QED) is 0.663. The zero-order valence-corrected chi connectivity index (χ0v) is 16.9. The number of para-hydroxylation sites is 1. The third-order valence-corrected chi connectivity index (χ3v) is 4.96. The van der Waals surface area contributed by atoms with Crippen LogP contribution in [0, 0.1) is 13.8 Å². The van der Waals surface area contributed by atoms with Crippen molar-refractivity contribution in [3.63, 3.8) is 0 Å². The molecule has 1 aliphatic carbocycles. The van der Waals surface area contributed by atoms with E-state index in [2.05, 4.69) is 15.7 Å². The molecule has 3 rings (SSSR count). The first-order valence-corrected chi connectivity index (χ1v) is 9.69. The van der Waals surface area contributed by atoms with Crippen LogP contribution in [0.4, 0.5) is 5.69 Å². The number of esters is 1. The van der Waals surface area contributed by atoms with Gasteiger partial charge in [0.15, 0.2) is 6.61 Å². The van der Waals surface area contributed by atoms with Gasteiger partial charge in [-0.2, -0.15) is 5.10 Å². The summed E-state index contributed by atoms with van der Waals surface area (Å²) in [6, 6.07) is 6.99. The molecule has 154 valence electrons. The van der Waals surface area contributed by atoms with Gasteiger partial charge in [-0.1, -0.05) is 12.1 Å². The van der Waals surface area contributed by atoms with E-state index in [1.807, 2.05) is 20.9 Å². The summed E-state index contributed by atoms with van der Waals surface area (Å²) in [5.41, 5.74) is 3.70. The standard InChI is InChI=1S/C21H26N4O4/c1-13-16(14(2)25(3)24-13)10-11-20(27)29-12-19(26)23-18-7-5-4-6-17(18)21(28)22-15-8-9-15/h4-7,15H,8-12H2,1-3H3,(H,22,28)(H,23,26). The number of hydrogen-bond acceptors (Lipinski definition) is 5. The van der Waals surface area contributed by atoms with Crippen molar-refractivity contribution in [1.29, 1.82) is 0 Å². The molecular weight excluding hydrogens is 372 g/mol. The molecule has 0 aliphatic heterocycles. The normalized spacial score (nSPS) is 13.1. The SMILES string of the molecule is Cc1nn(C)c(C)c1CCC(=O)OCC(=O)Nc1ccccc1C(=O)NC1CC1. The number of benzene rings is 1. The number of nitrogens with one attached hydrogen (secondary N) is 2. The molecule has 1 saturated carbocycles.